The third-order valence-electron chi connectivity index (χ3n) is 3.01. The standard InChI is InChI=1S/C13H11N2.Y/c1-9-11-7-6-10-4-2-3-5-12(10)13(11)15-8-14-9;/h2,4-5,8H,6-7H2,1H3;/q-1;. The van der Waals surface area contributed by atoms with Crippen LogP contribution < -0.4 is 0 Å². The van der Waals surface area contributed by atoms with Crippen LogP contribution in [0.3, 0.4) is 0 Å². The van der Waals surface area contributed by atoms with Gasteiger partial charge in [-0.1, -0.05) is 0 Å². The fraction of sp³-hybridized carbons (Fsp3) is 0.231. The van der Waals surface area contributed by atoms with Crippen LogP contribution in [0.25, 0.3) is 11.3 Å². The predicted molar refractivity (Wildman–Crippen MR) is 58.4 cm³/mol. The molecule has 1 radical (unpaired) electrons. The van der Waals surface area contributed by atoms with Gasteiger partial charge in [0, 0.05) is 44.1 Å². The van der Waals surface area contributed by atoms with E-state index in [1.54, 1.807) is 6.33 Å². The van der Waals surface area contributed by atoms with Crippen molar-refractivity contribution in [1.82, 2.24) is 9.97 Å². The molecule has 0 atom stereocenters. The predicted octanol–water partition coefficient (Wildman–Crippen LogP) is 2.35. The van der Waals surface area contributed by atoms with E-state index in [1.165, 1.54) is 16.7 Å². The Hall–Kier alpha value is -0.596. The third kappa shape index (κ3) is 1.85. The number of fused-ring (bicyclic) bond motifs is 3. The molecule has 0 amide bonds. The first-order chi connectivity index (χ1) is 7.36. The first-order valence-corrected chi connectivity index (χ1v) is 5.16. The molecule has 1 aliphatic carbocycles. The fourth-order valence-corrected chi connectivity index (χ4v) is 2.19. The summed E-state index contributed by atoms with van der Waals surface area (Å²) in [5.41, 5.74) is 6.10. The third-order valence-corrected chi connectivity index (χ3v) is 3.01. The maximum atomic E-state index is 4.39. The van der Waals surface area contributed by atoms with Gasteiger partial charge >= 0.3 is 0 Å². The van der Waals surface area contributed by atoms with Crippen LogP contribution in [0.4, 0.5) is 0 Å². The molecule has 0 unspecified atom stereocenters. The summed E-state index contributed by atoms with van der Waals surface area (Å²) >= 11 is 0. The average Bonchev–Trinajstić information content (AvgIpc) is 2.29. The Labute approximate surface area is 120 Å². The molecular formula is C13H11N2Y-. The minimum absolute atomic E-state index is 0. The molecule has 0 saturated carbocycles. The van der Waals surface area contributed by atoms with Gasteiger partial charge in [-0.25, -0.2) is 9.97 Å². The molecule has 0 N–H and O–H groups in total. The summed E-state index contributed by atoms with van der Waals surface area (Å²) in [4.78, 5) is 8.63. The molecule has 0 bridgehead atoms. The van der Waals surface area contributed by atoms with Crippen LogP contribution in [0.15, 0.2) is 24.5 Å². The maximum absolute atomic E-state index is 4.39. The van der Waals surface area contributed by atoms with Gasteiger partial charge in [-0.15, -0.1) is 11.1 Å². The molecule has 2 nitrogen and oxygen atoms in total. The van der Waals surface area contributed by atoms with Crippen LogP contribution in [0.2, 0.25) is 0 Å². The van der Waals surface area contributed by atoms with Crippen molar-refractivity contribution >= 4 is 0 Å². The summed E-state index contributed by atoms with van der Waals surface area (Å²) in [5, 5.41) is 0. The van der Waals surface area contributed by atoms with Crippen molar-refractivity contribution in [3.05, 3.63) is 47.4 Å². The Balaban J connectivity index is 0.000000963. The molecule has 3 rings (SSSR count). The van der Waals surface area contributed by atoms with Crippen LogP contribution in [-0.2, 0) is 45.6 Å². The van der Waals surface area contributed by atoms with Crippen molar-refractivity contribution in [1.29, 1.82) is 0 Å². The molecule has 0 fully saturated rings. The van der Waals surface area contributed by atoms with E-state index in [0.717, 1.165) is 24.2 Å². The number of benzene rings is 1. The summed E-state index contributed by atoms with van der Waals surface area (Å²) < 4.78 is 0. The molecule has 2 aromatic rings. The van der Waals surface area contributed by atoms with E-state index >= 15 is 0 Å². The van der Waals surface area contributed by atoms with Gasteiger partial charge in [0.25, 0.3) is 0 Å². The van der Waals surface area contributed by atoms with Gasteiger partial charge in [-0.3, -0.25) is 0 Å². The molecule has 0 spiro atoms. The summed E-state index contributed by atoms with van der Waals surface area (Å²) in [5.74, 6) is 0. The van der Waals surface area contributed by atoms with Gasteiger partial charge < -0.3 is 0 Å². The van der Waals surface area contributed by atoms with E-state index in [2.05, 4.69) is 29.0 Å². The molecule has 0 aliphatic heterocycles. The minimum Gasteiger partial charge on any atom is -0.249 e. The van der Waals surface area contributed by atoms with Gasteiger partial charge in [0.05, 0.1) is 0 Å². The number of aromatic nitrogens is 2. The molecule has 1 heterocycles. The van der Waals surface area contributed by atoms with Crippen LogP contribution in [0.1, 0.15) is 16.8 Å². The Bertz CT molecular complexity index is 523. The van der Waals surface area contributed by atoms with E-state index < -0.39 is 0 Å². The van der Waals surface area contributed by atoms with Crippen LogP contribution in [0, 0.1) is 13.0 Å². The van der Waals surface area contributed by atoms with Gasteiger partial charge in [-0.2, -0.15) is 24.3 Å². The van der Waals surface area contributed by atoms with Gasteiger partial charge in [0.15, 0.2) is 0 Å². The van der Waals surface area contributed by atoms with Gasteiger partial charge in [0.2, 0.25) is 0 Å². The SMILES string of the molecule is Cc1ncnc2c1CCc1cc[c-]cc1-2.[Y]. The zero-order valence-electron chi connectivity index (χ0n) is 9.20. The minimum atomic E-state index is 0. The average molecular weight is 284 g/mol. The van der Waals surface area contributed by atoms with Crippen LogP contribution in [0.5, 0.6) is 0 Å². The van der Waals surface area contributed by atoms with Crippen molar-refractivity contribution in [3.8, 4) is 11.3 Å². The van der Waals surface area contributed by atoms with E-state index in [1.807, 2.05) is 12.1 Å². The quantitative estimate of drug-likeness (QED) is 0.694. The second kappa shape index (κ2) is 4.72. The van der Waals surface area contributed by atoms with E-state index in [0.29, 0.717) is 0 Å². The monoisotopic (exact) mass is 284 g/mol. The first-order valence-electron chi connectivity index (χ1n) is 5.16. The van der Waals surface area contributed by atoms with Crippen molar-refractivity contribution in [2.75, 3.05) is 0 Å². The summed E-state index contributed by atoms with van der Waals surface area (Å²) in [6.07, 6.45) is 3.79. The Kier molecular flexibility index (Phi) is 3.51. The number of nitrogens with zero attached hydrogens (tertiary/aromatic N) is 2. The summed E-state index contributed by atoms with van der Waals surface area (Å²) in [6, 6.07) is 9.25. The van der Waals surface area contributed by atoms with Crippen LogP contribution in [-0.4, -0.2) is 9.97 Å². The molecular weight excluding hydrogens is 273 g/mol. The molecule has 3 heteroatoms. The van der Waals surface area contributed by atoms with E-state index in [9.17, 15) is 0 Å². The normalized spacial score (nSPS) is 12.3. The van der Waals surface area contributed by atoms with Crippen molar-refractivity contribution in [2.45, 2.75) is 19.8 Å². The van der Waals surface area contributed by atoms with Gasteiger partial charge in [0.1, 0.15) is 6.33 Å². The number of hydrogen-bond acceptors (Lipinski definition) is 2. The Morgan fingerprint density at radius 2 is 2.12 bits per heavy atom. The fourth-order valence-electron chi connectivity index (χ4n) is 2.19. The molecule has 77 valence electrons. The molecule has 1 aromatic heterocycles. The second-order valence-electron chi connectivity index (χ2n) is 3.87. The number of rotatable bonds is 0. The topological polar surface area (TPSA) is 25.8 Å². The van der Waals surface area contributed by atoms with Crippen molar-refractivity contribution < 1.29 is 32.7 Å². The maximum Gasteiger partial charge on any atom is 0.115 e. The van der Waals surface area contributed by atoms with E-state index in [-0.39, 0.29) is 32.7 Å². The molecule has 1 aromatic carbocycles. The van der Waals surface area contributed by atoms with Crippen molar-refractivity contribution in [3.63, 3.8) is 0 Å². The number of aryl methyl sites for hydroxylation is 2. The zero-order chi connectivity index (χ0) is 10.3. The molecule has 16 heavy (non-hydrogen) atoms. The zero-order valence-corrected chi connectivity index (χ0v) is 12.0. The summed E-state index contributed by atoms with van der Waals surface area (Å²) in [6.45, 7) is 2.05. The Morgan fingerprint density at radius 3 is 3.00 bits per heavy atom. The largest absolute Gasteiger partial charge is 0.249 e. The first kappa shape index (κ1) is 11.9. The van der Waals surface area contributed by atoms with Crippen LogP contribution >= 0.6 is 0 Å². The number of hydrogen-bond donors (Lipinski definition) is 0. The molecule has 1 aliphatic rings. The van der Waals surface area contributed by atoms with E-state index in [4.69, 9.17) is 0 Å². The smallest absolute Gasteiger partial charge is 0.115 e. The summed E-state index contributed by atoms with van der Waals surface area (Å²) in [7, 11) is 0. The molecule has 0 saturated heterocycles. The van der Waals surface area contributed by atoms with Gasteiger partial charge in [-0.05, 0) is 25.3 Å². The second-order valence-corrected chi connectivity index (χ2v) is 3.87. The van der Waals surface area contributed by atoms with Crippen molar-refractivity contribution in [2.24, 2.45) is 0 Å². The Morgan fingerprint density at radius 1 is 1.25 bits per heavy atom.